The van der Waals surface area contributed by atoms with Crippen molar-refractivity contribution in [1.29, 1.82) is 0 Å². The normalized spacial score (nSPS) is 40.7. The summed E-state index contributed by atoms with van der Waals surface area (Å²) in [6.45, 7) is 1.27. The molecule has 4 nitrogen and oxygen atoms in total. The second-order valence-corrected chi connectivity index (χ2v) is 4.62. The van der Waals surface area contributed by atoms with E-state index >= 15 is 0 Å². The van der Waals surface area contributed by atoms with Crippen LogP contribution in [0.1, 0.15) is 0 Å². The van der Waals surface area contributed by atoms with E-state index in [2.05, 4.69) is 0 Å². The standard InChI is InChI=1S/C9H16O4S/c1-10-3-4-12-7-6-5-14-8(7)9(11-2)13-6/h6-9H,3-5H2,1-2H3/t6-,7-,8+,9-/m1/s1. The summed E-state index contributed by atoms with van der Waals surface area (Å²) >= 11 is 1.88. The van der Waals surface area contributed by atoms with E-state index in [1.165, 1.54) is 0 Å². The Morgan fingerprint density at radius 2 is 2.21 bits per heavy atom. The molecule has 14 heavy (non-hydrogen) atoms. The van der Waals surface area contributed by atoms with Crippen LogP contribution in [-0.4, -0.2) is 56.9 Å². The summed E-state index contributed by atoms with van der Waals surface area (Å²) in [7, 11) is 3.36. The van der Waals surface area contributed by atoms with Crippen molar-refractivity contribution in [3.63, 3.8) is 0 Å². The Labute approximate surface area is 88.2 Å². The van der Waals surface area contributed by atoms with Crippen molar-refractivity contribution < 1.29 is 18.9 Å². The fourth-order valence-corrected chi connectivity index (χ4v) is 3.32. The largest absolute Gasteiger partial charge is 0.382 e. The molecule has 0 amide bonds. The first-order valence-corrected chi connectivity index (χ1v) is 5.82. The molecule has 2 bridgehead atoms. The maximum atomic E-state index is 5.71. The Morgan fingerprint density at radius 1 is 1.36 bits per heavy atom. The summed E-state index contributed by atoms with van der Waals surface area (Å²) in [4.78, 5) is 0. The molecule has 0 aliphatic carbocycles. The third-order valence-electron chi connectivity index (χ3n) is 2.55. The van der Waals surface area contributed by atoms with Crippen molar-refractivity contribution in [2.24, 2.45) is 0 Å². The number of methoxy groups -OCH3 is 2. The molecule has 2 fully saturated rings. The lowest BCUT2D eigenvalue weighted by Crippen LogP contribution is -2.29. The van der Waals surface area contributed by atoms with Gasteiger partial charge >= 0.3 is 0 Å². The van der Waals surface area contributed by atoms with Crippen molar-refractivity contribution >= 4 is 11.8 Å². The Hall–Kier alpha value is 0.190. The van der Waals surface area contributed by atoms with Crippen molar-refractivity contribution in [2.75, 3.05) is 33.2 Å². The van der Waals surface area contributed by atoms with Crippen molar-refractivity contribution in [2.45, 2.75) is 23.7 Å². The molecule has 2 rings (SSSR count). The van der Waals surface area contributed by atoms with Gasteiger partial charge in [-0.1, -0.05) is 0 Å². The van der Waals surface area contributed by atoms with Crippen LogP contribution in [0.5, 0.6) is 0 Å². The van der Waals surface area contributed by atoms with E-state index < -0.39 is 0 Å². The number of hydrogen-bond acceptors (Lipinski definition) is 5. The van der Waals surface area contributed by atoms with E-state index in [1.54, 1.807) is 14.2 Å². The summed E-state index contributed by atoms with van der Waals surface area (Å²) in [5, 5.41) is 0.335. The monoisotopic (exact) mass is 220 g/mol. The predicted octanol–water partition coefficient (Wildman–Crippen LogP) is 0.505. The van der Waals surface area contributed by atoms with Gasteiger partial charge in [0.1, 0.15) is 6.10 Å². The van der Waals surface area contributed by atoms with Crippen LogP contribution >= 0.6 is 11.8 Å². The predicted molar refractivity (Wildman–Crippen MR) is 53.5 cm³/mol. The number of rotatable bonds is 5. The van der Waals surface area contributed by atoms with Gasteiger partial charge in [0, 0.05) is 20.0 Å². The average Bonchev–Trinajstić information content (AvgIpc) is 2.75. The van der Waals surface area contributed by atoms with Crippen LogP contribution in [0.15, 0.2) is 0 Å². The highest BCUT2D eigenvalue weighted by molar-refractivity contribution is 8.00. The van der Waals surface area contributed by atoms with Gasteiger partial charge in [0.2, 0.25) is 0 Å². The van der Waals surface area contributed by atoms with Crippen LogP contribution in [-0.2, 0) is 18.9 Å². The summed E-state index contributed by atoms with van der Waals surface area (Å²) in [5.41, 5.74) is 0. The third-order valence-corrected chi connectivity index (χ3v) is 3.95. The lowest BCUT2D eigenvalue weighted by atomic mass is 10.2. The maximum absolute atomic E-state index is 5.71. The molecule has 2 saturated heterocycles. The molecule has 2 heterocycles. The van der Waals surface area contributed by atoms with Crippen LogP contribution in [0.4, 0.5) is 0 Å². The van der Waals surface area contributed by atoms with Crippen LogP contribution in [0.3, 0.4) is 0 Å². The van der Waals surface area contributed by atoms with Gasteiger partial charge < -0.3 is 18.9 Å². The van der Waals surface area contributed by atoms with Gasteiger partial charge in [-0.25, -0.2) is 0 Å². The first-order chi connectivity index (χ1) is 6.86. The van der Waals surface area contributed by atoms with Crippen molar-refractivity contribution in [1.82, 2.24) is 0 Å². The maximum Gasteiger partial charge on any atom is 0.172 e. The summed E-state index contributed by atoms with van der Waals surface area (Å²) in [6.07, 6.45) is 0.290. The molecule has 0 radical (unpaired) electrons. The molecule has 0 spiro atoms. The van der Waals surface area contributed by atoms with Gasteiger partial charge in [0.15, 0.2) is 6.29 Å². The highest BCUT2D eigenvalue weighted by atomic mass is 32.2. The van der Waals surface area contributed by atoms with Gasteiger partial charge in [0.25, 0.3) is 0 Å². The molecule has 2 aliphatic rings. The van der Waals surface area contributed by atoms with Crippen LogP contribution < -0.4 is 0 Å². The second-order valence-electron chi connectivity index (χ2n) is 3.40. The van der Waals surface area contributed by atoms with E-state index in [9.17, 15) is 0 Å². The quantitative estimate of drug-likeness (QED) is 0.631. The molecule has 5 heteroatoms. The molecule has 0 N–H and O–H groups in total. The third kappa shape index (κ3) is 1.92. The van der Waals surface area contributed by atoms with E-state index in [1.807, 2.05) is 11.8 Å². The molecule has 2 aliphatic heterocycles. The van der Waals surface area contributed by atoms with Crippen molar-refractivity contribution in [3.8, 4) is 0 Å². The van der Waals surface area contributed by atoms with E-state index in [4.69, 9.17) is 18.9 Å². The SMILES string of the molecule is COCCO[C@H]1[C@@H]2SC[C@H]1O[C@H]2OC. The molecule has 82 valence electrons. The Bertz CT molecular complexity index is 190. The smallest absolute Gasteiger partial charge is 0.172 e. The van der Waals surface area contributed by atoms with Crippen molar-refractivity contribution in [3.05, 3.63) is 0 Å². The van der Waals surface area contributed by atoms with Gasteiger partial charge in [-0.15, -0.1) is 11.8 Å². The van der Waals surface area contributed by atoms with Crippen LogP contribution in [0.25, 0.3) is 0 Å². The van der Waals surface area contributed by atoms with Crippen LogP contribution in [0.2, 0.25) is 0 Å². The lowest BCUT2D eigenvalue weighted by molar-refractivity contribution is -0.115. The van der Waals surface area contributed by atoms with Gasteiger partial charge in [0.05, 0.1) is 24.6 Å². The lowest BCUT2D eigenvalue weighted by Gasteiger charge is -2.19. The summed E-state index contributed by atoms with van der Waals surface area (Å²) < 4.78 is 21.5. The highest BCUT2D eigenvalue weighted by Crippen LogP contribution is 2.41. The number of fused-ring (bicyclic) bond motifs is 2. The fourth-order valence-electron chi connectivity index (χ4n) is 1.87. The molecular weight excluding hydrogens is 204 g/mol. The number of ether oxygens (including phenoxy) is 4. The first kappa shape index (κ1) is 10.7. The molecule has 0 aromatic carbocycles. The highest BCUT2D eigenvalue weighted by Gasteiger charge is 2.51. The molecule has 0 unspecified atom stereocenters. The molecule has 0 aromatic heterocycles. The number of hydrogen-bond donors (Lipinski definition) is 0. The van der Waals surface area contributed by atoms with E-state index in [-0.39, 0.29) is 18.5 Å². The summed E-state index contributed by atoms with van der Waals surface area (Å²) in [5.74, 6) is 1.02. The number of thioether (sulfide) groups is 1. The molecular formula is C9H16O4S. The first-order valence-electron chi connectivity index (χ1n) is 4.77. The minimum Gasteiger partial charge on any atom is -0.382 e. The Balaban J connectivity index is 1.82. The molecule has 0 aromatic rings. The van der Waals surface area contributed by atoms with Gasteiger partial charge in [-0.3, -0.25) is 0 Å². The summed E-state index contributed by atoms with van der Waals surface area (Å²) in [6, 6.07) is 0. The van der Waals surface area contributed by atoms with E-state index in [0.29, 0.717) is 18.5 Å². The Kier molecular flexibility index (Phi) is 3.67. The average molecular weight is 220 g/mol. The Morgan fingerprint density at radius 3 is 2.86 bits per heavy atom. The van der Waals surface area contributed by atoms with Gasteiger partial charge in [-0.2, -0.15) is 0 Å². The molecule has 4 atom stereocenters. The molecule has 0 saturated carbocycles. The zero-order valence-corrected chi connectivity index (χ0v) is 9.29. The minimum absolute atomic E-state index is 0.0914. The topological polar surface area (TPSA) is 36.9 Å². The zero-order valence-electron chi connectivity index (χ0n) is 8.47. The van der Waals surface area contributed by atoms with E-state index in [0.717, 1.165) is 5.75 Å². The minimum atomic E-state index is -0.0914. The zero-order chi connectivity index (χ0) is 9.97. The second kappa shape index (κ2) is 4.81. The fraction of sp³-hybridized carbons (Fsp3) is 1.00. The van der Waals surface area contributed by atoms with Crippen LogP contribution in [0, 0.1) is 0 Å². The van der Waals surface area contributed by atoms with Gasteiger partial charge in [-0.05, 0) is 0 Å².